The number of hydrogen-bond acceptors (Lipinski definition) is 4. The Kier molecular flexibility index (Phi) is 5.25. The molecule has 0 radical (unpaired) electrons. The molecule has 2 aromatic rings. The SMILES string of the molecule is Cc1ccc(Cl)cc1N1CCN(C(=O)c2ccccc2S(C)(=O)=O)CC1. The quantitative estimate of drug-likeness (QED) is 0.805. The van der Waals surface area contributed by atoms with Crippen molar-refractivity contribution in [1.29, 1.82) is 0 Å². The highest BCUT2D eigenvalue weighted by Crippen LogP contribution is 2.26. The summed E-state index contributed by atoms with van der Waals surface area (Å²) in [4.78, 5) is 16.8. The highest BCUT2D eigenvalue weighted by atomic mass is 35.5. The van der Waals surface area contributed by atoms with Gasteiger partial charge in [0, 0.05) is 43.1 Å². The first-order valence-electron chi connectivity index (χ1n) is 8.37. The number of benzene rings is 2. The summed E-state index contributed by atoms with van der Waals surface area (Å²) in [5.74, 6) is -0.242. The average molecular weight is 393 g/mol. The van der Waals surface area contributed by atoms with Crippen molar-refractivity contribution in [2.24, 2.45) is 0 Å². The van der Waals surface area contributed by atoms with Crippen LogP contribution in [0.1, 0.15) is 15.9 Å². The third-order valence-corrected chi connectivity index (χ3v) is 5.99. The van der Waals surface area contributed by atoms with E-state index in [-0.39, 0.29) is 16.4 Å². The Morgan fingerprint density at radius 2 is 1.69 bits per heavy atom. The van der Waals surface area contributed by atoms with Crippen LogP contribution in [0.5, 0.6) is 0 Å². The number of sulfone groups is 1. The fraction of sp³-hybridized carbons (Fsp3) is 0.316. The standard InChI is InChI=1S/C19H21ClN2O3S/c1-14-7-8-15(20)13-17(14)21-9-11-22(12-10-21)19(23)16-5-3-4-6-18(16)26(2,24)25/h3-8,13H,9-12H2,1-2H3. The van der Waals surface area contributed by atoms with Crippen molar-refractivity contribution < 1.29 is 13.2 Å². The zero-order valence-corrected chi connectivity index (χ0v) is 16.3. The molecule has 0 aliphatic carbocycles. The molecule has 1 fully saturated rings. The maximum absolute atomic E-state index is 12.9. The van der Waals surface area contributed by atoms with Gasteiger partial charge in [-0.05, 0) is 36.8 Å². The summed E-state index contributed by atoms with van der Waals surface area (Å²) < 4.78 is 23.9. The van der Waals surface area contributed by atoms with E-state index in [0.717, 1.165) is 17.5 Å². The summed E-state index contributed by atoms with van der Waals surface area (Å²) >= 11 is 6.11. The first kappa shape index (κ1) is 18.7. The number of amides is 1. The Balaban J connectivity index is 1.77. The summed E-state index contributed by atoms with van der Waals surface area (Å²) in [6.45, 7) is 4.44. The fourth-order valence-electron chi connectivity index (χ4n) is 3.21. The molecule has 0 bridgehead atoms. The van der Waals surface area contributed by atoms with Gasteiger partial charge in [-0.2, -0.15) is 0 Å². The Morgan fingerprint density at radius 1 is 1.04 bits per heavy atom. The van der Waals surface area contributed by atoms with Crippen LogP contribution in [0.15, 0.2) is 47.4 Å². The van der Waals surface area contributed by atoms with Crippen LogP contribution < -0.4 is 4.90 Å². The Morgan fingerprint density at radius 3 is 2.35 bits per heavy atom. The molecule has 1 heterocycles. The molecule has 1 saturated heterocycles. The summed E-state index contributed by atoms with van der Waals surface area (Å²) in [6, 6.07) is 12.2. The lowest BCUT2D eigenvalue weighted by Crippen LogP contribution is -2.49. The summed E-state index contributed by atoms with van der Waals surface area (Å²) in [7, 11) is -3.45. The van der Waals surface area contributed by atoms with Gasteiger partial charge in [0.15, 0.2) is 9.84 Å². The average Bonchev–Trinajstić information content (AvgIpc) is 2.62. The number of piperazine rings is 1. The zero-order valence-electron chi connectivity index (χ0n) is 14.8. The number of aryl methyl sites for hydroxylation is 1. The normalized spacial score (nSPS) is 15.2. The number of carbonyl (C=O) groups excluding carboxylic acids is 1. The predicted molar refractivity (Wildman–Crippen MR) is 104 cm³/mol. The molecule has 1 aliphatic rings. The molecule has 26 heavy (non-hydrogen) atoms. The van der Waals surface area contributed by atoms with E-state index >= 15 is 0 Å². The van der Waals surface area contributed by atoms with Gasteiger partial charge in [0.25, 0.3) is 5.91 Å². The van der Waals surface area contributed by atoms with E-state index in [1.165, 1.54) is 6.07 Å². The van der Waals surface area contributed by atoms with Crippen LogP contribution in [0.25, 0.3) is 0 Å². The van der Waals surface area contributed by atoms with Crippen molar-refractivity contribution in [3.8, 4) is 0 Å². The molecule has 5 nitrogen and oxygen atoms in total. The fourth-order valence-corrected chi connectivity index (χ4v) is 4.26. The van der Waals surface area contributed by atoms with Crippen LogP contribution in [0.4, 0.5) is 5.69 Å². The molecule has 0 spiro atoms. The number of nitrogens with zero attached hydrogens (tertiary/aromatic N) is 2. The minimum Gasteiger partial charge on any atom is -0.368 e. The van der Waals surface area contributed by atoms with Crippen LogP contribution in [0.3, 0.4) is 0 Å². The van der Waals surface area contributed by atoms with Gasteiger partial charge in [-0.25, -0.2) is 8.42 Å². The lowest BCUT2D eigenvalue weighted by molar-refractivity contribution is 0.0743. The Bertz CT molecular complexity index is 936. The lowest BCUT2D eigenvalue weighted by Gasteiger charge is -2.37. The monoisotopic (exact) mass is 392 g/mol. The maximum atomic E-state index is 12.9. The first-order valence-corrected chi connectivity index (χ1v) is 10.6. The van der Waals surface area contributed by atoms with Gasteiger partial charge in [0.2, 0.25) is 0 Å². The van der Waals surface area contributed by atoms with E-state index in [1.807, 2.05) is 25.1 Å². The second-order valence-electron chi connectivity index (χ2n) is 6.48. The van der Waals surface area contributed by atoms with Crippen molar-refractivity contribution >= 4 is 33.0 Å². The van der Waals surface area contributed by atoms with Crippen molar-refractivity contribution in [2.75, 3.05) is 37.3 Å². The largest absolute Gasteiger partial charge is 0.368 e. The number of halogens is 1. The summed E-state index contributed by atoms with van der Waals surface area (Å²) in [5, 5.41) is 0.686. The van der Waals surface area contributed by atoms with Crippen LogP contribution in [0.2, 0.25) is 5.02 Å². The number of rotatable bonds is 3. The number of anilines is 1. The Hall–Kier alpha value is -2.05. The molecular weight excluding hydrogens is 372 g/mol. The van der Waals surface area contributed by atoms with Crippen molar-refractivity contribution in [3.63, 3.8) is 0 Å². The van der Waals surface area contributed by atoms with Crippen LogP contribution >= 0.6 is 11.6 Å². The predicted octanol–water partition coefficient (Wildman–Crippen LogP) is 3.01. The molecule has 3 rings (SSSR count). The molecular formula is C19H21ClN2O3S. The second-order valence-corrected chi connectivity index (χ2v) is 8.90. The molecule has 138 valence electrons. The first-order chi connectivity index (χ1) is 12.3. The topological polar surface area (TPSA) is 57.7 Å². The van der Waals surface area contributed by atoms with Crippen LogP contribution in [-0.4, -0.2) is 51.7 Å². The third-order valence-electron chi connectivity index (χ3n) is 4.60. The highest BCUT2D eigenvalue weighted by molar-refractivity contribution is 7.90. The van der Waals surface area contributed by atoms with Crippen LogP contribution in [0, 0.1) is 6.92 Å². The lowest BCUT2D eigenvalue weighted by atomic mass is 10.1. The molecule has 0 N–H and O–H groups in total. The molecule has 1 aliphatic heterocycles. The van der Waals surface area contributed by atoms with Gasteiger partial charge in [0.05, 0.1) is 10.5 Å². The van der Waals surface area contributed by atoms with Gasteiger partial charge in [-0.15, -0.1) is 0 Å². The van der Waals surface area contributed by atoms with Crippen LogP contribution in [-0.2, 0) is 9.84 Å². The van der Waals surface area contributed by atoms with Gasteiger partial charge >= 0.3 is 0 Å². The maximum Gasteiger partial charge on any atom is 0.255 e. The summed E-state index contributed by atoms with van der Waals surface area (Å²) in [5.41, 5.74) is 2.44. The minimum atomic E-state index is -3.45. The van der Waals surface area contributed by atoms with E-state index in [0.29, 0.717) is 31.2 Å². The van der Waals surface area contributed by atoms with Gasteiger partial charge < -0.3 is 9.80 Å². The molecule has 0 atom stereocenters. The van der Waals surface area contributed by atoms with Crippen molar-refractivity contribution in [3.05, 3.63) is 58.6 Å². The summed E-state index contributed by atoms with van der Waals surface area (Å²) in [6.07, 6.45) is 1.12. The highest BCUT2D eigenvalue weighted by Gasteiger charge is 2.26. The van der Waals surface area contributed by atoms with Gasteiger partial charge in [-0.1, -0.05) is 29.8 Å². The van der Waals surface area contributed by atoms with E-state index < -0.39 is 9.84 Å². The zero-order chi connectivity index (χ0) is 18.9. The molecule has 1 amide bonds. The van der Waals surface area contributed by atoms with E-state index in [1.54, 1.807) is 23.1 Å². The number of hydrogen-bond donors (Lipinski definition) is 0. The van der Waals surface area contributed by atoms with E-state index in [2.05, 4.69) is 4.90 Å². The molecule has 0 unspecified atom stereocenters. The Labute approximate surface area is 159 Å². The van der Waals surface area contributed by atoms with Gasteiger partial charge in [0.1, 0.15) is 0 Å². The third kappa shape index (κ3) is 3.86. The minimum absolute atomic E-state index is 0.0816. The number of carbonyl (C=O) groups is 1. The molecule has 2 aromatic carbocycles. The van der Waals surface area contributed by atoms with E-state index in [9.17, 15) is 13.2 Å². The molecule has 0 aromatic heterocycles. The second kappa shape index (κ2) is 7.29. The van der Waals surface area contributed by atoms with Crippen molar-refractivity contribution in [1.82, 2.24) is 4.90 Å². The van der Waals surface area contributed by atoms with Crippen molar-refractivity contribution in [2.45, 2.75) is 11.8 Å². The molecule has 0 saturated carbocycles. The van der Waals surface area contributed by atoms with E-state index in [4.69, 9.17) is 11.6 Å². The molecule has 7 heteroatoms. The van der Waals surface area contributed by atoms with Gasteiger partial charge in [-0.3, -0.25) is 4.79 Å². The smallest absolute Gasteiger partial charge is 0.255 e.